The summed E-state index contributed by atoms with van der Waals surface area (Å²) in [7, 11) is 1.94. The zero-order valence-electron chi connectivity index (χ0n) is 34.0. The van der Waals surface area contributed by atoms with Crippen molar-refractivity contribution in [3.63, 3.8) is 0 Å². The molecule has 3 aliphatic rings. The second-order valence-corrected chi connectivity index (χ2v) is 17.1. The number of thiazole rings is 1. The Labute approximate surface area is 358 Å². The zero-order chi connectivity index (χ0) is 42.4. The number of amides is 3. The molecule has 9 rings (SSSR count). The lowest BCUT2D eigenvalue weighted by atomic mass is 9.78. The van der Waals surface area contributed by atoms with Gasteiger partial charge in [0.2, 0.25) is 11.8 Å². The van der Waals surface area contributed by atoms with E-state index in [1.54, 1.807) is 39.3 Å². The van der Waals surface area contributed by atoms with Crippen molar-refractivity contribution in [2.45, 2.75) is 71.3 Å². The molecule has 3 aromatic carbocycles. The van der Waals surface area contributed by atoms with Gasteiger partial charge in [-0.15, -0.1) is 11.3 Å². The van der Waals surface area contributed by atoms with Gasteiger partial charge in [0.05, 0.1) is 33.6 Å². The van der Waals surface area contributed by atoms with E-state index in [1.165, 1.54) is 4.90 Å². The molecule has 2 aliphatic heterocycles. The van der Waals surface area contributed by atoms with Gasteiger partial charge in [0.25, 0.3) is 5.91 Å². The Morgan fingerprint density at radius 1 is 0.967 bits per heavy atom. The Balaban J connectivity index is 0.999. The third-order valence-electron chi connectivity index (χ3n) is 12.0. The number of nitrogens with zero attached hydrogens (tertiary/aromatic N) is 7. The van der Waals surface area contributed by atoms with E-state index in [1.807, 2.05) is 94.5 Å². The first-order chi connectivity index (χ1) is 29.6. The van der Waals surface area contributed by atoms with Crippen LogP contribution in [0.2, 0.25) is 0 Å². The van der Waals surface area contributed by atoms with Crippen LogP contribution in [-0.2, 0) is 29.1 Å². The summed E-state index contributed by atoms with van der Waals surface area (Å²) in [4.78, 5) is 54.8. The summed E-state index contributed by atoms with van der Waals surface area (Å²) in [5.74, 6) is -1.18. The lowest BCUT2D eigenvalue weighted by Crippen LogP contribution is -2.55. The molecule has 3 N–H and O–H groups in total. The maximum absolute atomic E-state index is 14.4. The molecule has 6 aromatic rings. The Hall–Kier alpha value is -6.45. The summed E-state index contributed by atoms with van der Waals surface area (Å²) < 4.78 is 1.79. The summed E-state index contributed by atoms with van der Waals surface area (Å²) in [6.07, 6.45) is 6.12. The number of aromatic nitrogens is 4. The molecule has 1 fully saturated rings. The van der Waals surface area contributed by atoms with E-state index in [9.17, 15) is 24.7 Å². The Morgan fingerprint density at radius 2 is 1.77 bits per heavy atom. The SMILES string of the molecule is Cc1ncsc1-c1ccc(CNC(=O)[C@@H]2C[C@@H](O)CN2C(=O)[C@H](C(C)C)N2Cc3ccccc3C2=O)c([B]n2cc(-c3ccc4c(c3)CC/C4=N\O)c(-c3ccncc3)n2)c1. The lowest BCUT2D eigenvalue weighted by molar-refractivity contribution is -0.143. The number of aryl methyl sites for hydroxylation is 2. The minimum atomic E-state index is -0.918. The van der Waals surface area contributed by atoms with Crippen molar-refractivity contribution < 1.29 is 24.7 Å². The molecule has 5 heterocycles. The molecule has 3 atom stereocenters. The van der Waals surface area contributed by atoms with Crippen LogP contribution in [0.15, 0.2) is 102 Å². The van der Waals surface area contributed by atoms with Crippen LogP contribution in [0.25, 0.3) is 32.8 Å². The molecular formula is C46H44BN8O5S. The molecule has 61 heavy (non-hydrogen) atoms. The first-order valence-corrected chi connectivity index (χ1v) is 21.3. The Kier molecular flexibility index (Phi) is 10.8. The number of rotatable bonds is 11. The number of pyridine rings is 1. The number of fused-ring (bicyclic) bond motifs is 2. The number of aliphatic hydroxyl groups excluding tert-OH is 1. The maximum Gasteiger partial charge on any atom is 0.317 e. The first-order valence-electron chi connectivity index (χ1n) is 20.5. The van der Waals surface area contributed by atoms with Crippen LogP contribution in [0.5, 0.6) is 0 Å². The van der Waals surface area contributed by atoms with E-state index < -0.39 is 18.2 Å². The Morgan fingerprint density at radius 3 is 2.52 bits per heavy atom. The predicted molar refractivity (Wildman–Crippen MR) is 234 cm³/mol. The third-order valence-corrected chi connectivity index (χ3v) is 13.0. The molecule has 0 unspecified atom stereocenters. The number of hydrogen-bond acceptors (Lipinski definition) is 10. The summed E-state index contributed by atoms with van der Waals surface area (Å²) in [5.41, 5.74) is 13.1. The van der Waals surface area contributed by atoms with E-state index >= 15 is 0 Å². The van der Waals surface area contributed by atoms with Crippen molar-refractivity contribution in [3.05, 3.63) is 130 Å². The number of nitrogens with one attached hydrogen (secondary N) is 1. The molecule has 3 amide bonds. The molecule has 3 aromatic heterocycles. The largest absolute Gasteiger partial charge is 0.411 e. The molecular weight excluding hydrogens is 787 g/mol. The quantitative estimate of drug-likeness (QED) is 0.0909. The van der Waals surface area contributed by atoms with E-state index in [0.29, 0.717) is 24.2 Å². The number of carbonyl (C=O) groups is 3. The number of carbonyl (C=O) groups excluding carboxylic acids is 3. The molecule has 0 spiro atoms. The lowest BCUT2D eigenvalue weighted by Gasteiger charge is -2.35. The summed E-state index contributed by atoms with van der Waals surface area (Å²) in [5, 5.41) is 32.0. The summed E-state index contributed by atoms with van der Waals surface area (Å²) >= 11 is 1.55. The summed E-state index contributed by atoms with van der Waals surface area (Å²) in [6, 6.07) is 21.7. The van der Waals surface area contributed by atoms with Crippen molar-refractivity contribution in [3.8, 4) is 32.8 Å². The van der Waals surface area contributed by atoms with Gasteiger partial charge in [0, 0.05) is 66.9 Å². The average Bonchev–Trinajstić information content (AvgIpc) is 4.11. The number of oxime groups is 1. The highest BCUT2D eigenvalue weighted by atomic mass is 32.1. The fourth-order valence-corrected chi connectivity index (χ4v) is 9.73. The fourth-order valence-electron chi connectivity index (χ4n) is 8.93. The van der Waals surface area contributed by atoms with Crippen LogP contribution in [0.3, 0.4) is 0 Å². The molecule has 1 aliphatic carbocycles. The third kappa shape index (κ3) is 7.63. The minimum Gasteiger partial charge on any atom is -0.411 e. The predicted octanol–water partition coefficient (Wildman–Crippen LogP) is 5.22. The molecule has 1 radical (unpaired) electrons. The Bertz CT molecular complexity index is 2700. The molecule has 0 bridgehead atoms. The van der Waals surface area contributed by atoms with Crippen molar-refractivity contribution in [2.24, 2.45) is 11.1 Å². The number of hydrogen-bond donors (Lipinski definition) is 3. The van der Waals surface area contributed by atoms with Gasteiger partial charge in [-0.2, -0.15) is 5.10 Å². The normalized spacial score (nSPS) is 18.2. The highest BCUT2D eigenvalue weighted by Gasteiger charge is 2.46. The van der Waals surface area contributed by atoms with Gasteiger partial charge in [-0.1, -0.05) is 79.1 Å². The van der Waals surface area contributed by atoms with Crippen molar-refractivity contribution >= 4 is 47.6 Å². The van der Waals surface area contributed by atoms with Gasteiger partial charge in [0.1, 0.15) is 12.1 Å². The molecule has 1 saturated heterocycles. The van der Waals surface area contributed by atoms with Crippen LogP contribution >= 0.6 is 11.3 Å². The molecule has 0 saturated carbocycles. The second kappa shape index (κ2) is 16.5. The average molecular weight is 832 g/mol. The standard InChI is InChI=1S/C46H44BN8O5S/c1-26(2)42(54-22-33-6-4-5-7-36(33)45(54)58)46(59)53-23-34(56)20-40(53)44(57)49-21-32-9-8-31(43-27(3)50-25-61-43)19-38(32)47-55-24-37(41(51-55)28-14-16-48-17-15-28)30-10-12-35-29(18-30)11-13-39(35)52-60/h4-10,12,14-19,24-26,34,40,42,56,60H,11,13,20-23H2,1-3H3,(H,49,57)/b52-39+/t34-,40+,42+/m1/s1. The van der Waals surface area contributed by atoms with Crippen LogP contribution in [-0.4, -0.2) is 95.4 Å². The second-order valence-electron chi connectivity index (χ2n) is 16.2. The number of aliphatic hydroxyl groups is 1. The number of likely N-dealkylation sites (tertiary alicyclic amines) is 1. The van der Waals surface area contributed by atoms with Crippen molar-refractivity contribution in [1.29, 1.82) is 0 Å². The van der Waals surface area contributed by atoms with Gasteiger partial charge >= 0.3 is 7.41 Å². The zero-order valence-corrected chi connectivity index (χ0v) is 34.8. The molecule has 307 valence electrons. The molecule has 15 heteroatoms. The van der Waals surface area contributed by atoms with Crippen molar-refractivity contribution in [2.75, 3.05) is 6.54 Å². The van der Waals surface area contributed by atoms with Crippen LogP contribution < -0.4 is 10.8 Å². The van der Waals surface area contributed by atoms with E-state index in [0.717, 1.165) is 72.7 Å². The fraction of sp³-hybridized carbons (Fsp3) is 0.283. The van der Waals surface area contributed by atoms with E-state index in [2.05, 4.69) is 32.6 Å². The monoisotopic (exact) mass is 831 g/mol. The van der Waals surface area contributed by atoms with Gasteiger partial charge in [0.15, 0.2) is 0 Å². The van der Waals surface area contributed by atoms with Crippen LogP contribution in [0.4, 0.5) is 0 Å². The van der Waals surface area contributed by atoms with E-state index in [4.69, 9.17) is 5.10 Å². The highest BCUT2D eigenvalue weighted by molar-refractivity contribution is 7.13. The first kappa shape index (κ1) is 40.0. The van der Waals surface area contributed by atoms with Crippen molar-refractivity contribution in [1.82, 2.24) is 34.8 Å². The number of β-amino-alcohol motifs (C(OH)–C–C–N with tert-alkyl or cyclic N) is 1. The van der Waals surface area contributed by atoms with Crippen LogP contribution in [0, 0.1) is 12.8 Å². The summed E-state index contributed by atoms with van der Waals surface area (Å²) in [6.45, 7) is 6.21. The van der Waals surface area contributed by atoms with Gasteiger partial charge in [-0.3, -0.25) is 19.4 Å². The van der Waals surface area contributed by atoms with Crippen LogP contribution in [0.1, 0.15) is 65.0 Å². The van der Waals surface area contributed by atoms with E-state index in [-0.39, 0.29) is 43.1 Å². The molecule has 13 nitrogen and oxygen atoms in total. The highest BCUT2D eigenvalue weighted by Crippen LogP contribution is 2.35. The van der Waals surface area contributed by atoms with Gasteiger partial charge in [-0.05, 0) is 71.7 Å². The van der Waals surface area contributed by atoms with Gasteiger partial charge < -0.3 is 30.0 Å². The minimum absolute atomic E-state index is 0.00110. The van der Waals surface area contributed by atoms with Gasteiger partial charge in [-0.25, -0.2) is 4.98 Å². The smallest absolute Gasteiger partial charge is 0.317 e. The topological polar surface area (TPSA) is 166 Å². The maximum atomic E-state index is 14.4. The number of benzene rings is 3.